The van der Waals surface area contributed by atoms with Gasteiger partial charge in [0.25, 0.3) is 11.5 Å². The number of piperidine rings is 1. The second-order valence-electron chi connectivity index (χ2n) is 10.1. The molecule has 2 N–H and O–H groups in total. The number of rotatable bonds is 7. The number of ether oxygens (including phenoxy) is 1. The molecule has 9 nitrogen and oxygen atoms in total. The predicted octanol–water partition coefficient (Wildman–Crippen LogP) is 4.92. The molecule has 1 aliphatic heterocycles. The fourth-order valence-corrected chi connectivity index (χ4v) is 5.96. The first-order chi connectivity index (χ1) is 18.8. The number of hydrogen-bond donors (Lipinski definition) is 2. The van der Waals surface area contributed by atoms with Gasteiger partial charge in [-0.3, -0.25) is 9.59 Å². The molecule has 1 fully saturated rings. The Labute approximate surface area is 235 Å². The molecule has 0 spiro atoms. The van der Waals surface area contributed by atoms with Gasteiger partial charge in [0, 0.05) is 53.8 Å². The highest BCUT2D eigenvalue weighted by atomic mass is 79.9. The third kappa shape index (κ3) is 5.30. The second kappa shape index (κ2) is 11.2. The van der Waals surface area contributed by atoms with Crippen LogP contribution in [0.5, 0.6) is 5.75 Å². The van der Waals surface area contributed by atoms with E-state index in [-0.39, 0.29) is 24.1 Å². The number of nitrogens with one attached hydrogen (secondary N) is 2. The number of carbonyl (C=O) groups is 1. The average molecular weight is 594 g/mol. The number of carbonyl (C=O) groups excluding carboxylic acids is 1. The van der Waals surface area contributed by atoms with Crippen molar-refractivity contribution in [2.24, 2.45) is 5.92 Å². The summed E-state index contributed by atoms with van der Waals surface area (Å²) in [7, 11) is 1.52. The van der Waals surface area contributed by atoms with E-state index in [0.717, 1.165) is 52.9 Å². The molecular formula is C29H33BrN6O3. The minimum Gasteiger partial charge on any atom is -0.496 e. The number of fused-ring (bicyclic) bond motifs is 1. The molecule has 1 amide bonds. The summed E-state index contributed by atoms with van der Waals surface area (Å²) in [5, 5.41) is 3.87. The van der Waals surface area contributed by atoms with Crippen LogP contribution in [0.2, 0.25) is 0 Å². The standard InChI is InChI=1S/C29H33BrN6O3/c1-17-13-25(39-4)23(27(37)34-17)16-31-28(38)26-19(3)36(24-8-6-5-7-22(24)26)18(2)20-9-11-35(12-10-20)29-32-14-21(30)15-33-29/h5-8,13-15,18,20H,9-12,16H2,1-4H3,(H,31,38)(H,34,37)/t18-/m1/s1. The molecule has 1 aliphatic rings. The number of nitrogens with zero attached hydrogens (tertiary/aromatic N) is 4. The van der Waals surface area contributed by atoms with Crippen molar-refractivity contribution in [3.8, 4) is 5.75 Å². The van der Waals surface area contributed by atoms with Crippen LogP contribution in [0.3, 0.4) is 0 Å². The Balaban J connectivity index is 1.37. The highest BCUT2D eigenvalue weighted by Crippen LogP contribution is 2.36. The quantitative estimate of drug-likeness (QED) is 0.316. The first-order valence-electron chi connectivity index (χ1n) is 13.2. The van der Waals surface area contributed by atoms with Crippen LogP contribution < -0.4 is 20.5 Å². The van der Waals surface area contributed by atoms with Gasteiger partial charge in [-0.15, -0.1) is 0 Å². The summed E-state index contributed by atoms with van der Waals surface area (Å²) < 4.78 is 8.57. The topological polar surface area (TPSA) is 105 Å². The van der Waals surface area contributed by atoms with E-state index >= 15 is 0 Å². The Hall–Kier alpha value is -3.66. The lowest BCUT2D eigenvalue weighted by Gasteiger charge is -2.36. The number of halogens is 1. The van der Waals surface area contributed by atoms with Crippen molar-refractivity contribution in [3.63, 3.8) is 0 Å². The SMILES string of the molecule is COc1cc(C)[nH]c(=O)c1CNC(=O)c1c(C)n([C@H](C)C2CCN(c3ncc(Br)cn3)CC2)c2ccccc12. The van der Waals surface area contributed by atoms with E-state index in [1.165, 1.54) is 7.11 Å². The maximum absolute atomic E-state index is 13.6. The first-order valence-corrected chi connectivity index (χ1v) is 13.9. The van der Waals surface area contributed by atoms with E-state index in [2.05, 4.69) is 58.7 Å². The van der Waals surface area contributed by atoms with Gasteiger partial charge in [0.15, 0.2) is 0 Å². The number of aromatic nitrogens is 4. The van der Waals surface area contributed by atoms with E-state index in [1.54, 1.807) is 25.4 Å². The van der Waals surface area contributed by atoms with Crippen LogP contribution in [0.15, 0.2) is 52.0 Å². The number of H-pyrrole nitrogens is 1. The van der Waals surface area contributed by atoms with Gasteiger partial charge < -0.3 is 24.5 Å². The van der Waals surface area contributed by atoms with Crippen molar-refractivity contribution >= 4 is 38.7 Å². The Kier molecular flexibility index (Phi) is 7.74. The predicted molar refractivity (Wildman–Crippen MR) is 156 cm³/mol. The smallest absolute Gasteiger partial charge is 0.256 e. The zero-order valence-corrected chi connectivity index (χ0v) is 24.2. The zero-order valence-electron chi connectivity index (χ0n) is 22.6. The third-order valence-electron chi connectivity index (χ3n) is 7.78. The Morgan fingerprint density at radius 2 is 1.90 bits per heavy atom. The molecule has 1 atom stereocenters. The number of aromatic amines is 1. The summed E-state index contributed by atoms with van der Waals surface area (Å²) in [4.78, 5) is 40.0. The van der Waals surface area contributed by atoms with Crippen LogP contribution in [-0.4, -0.2) is 45.6 Å². The van der Waals surface area contributed by atoms with Gasteiger partial charge in [-0.1, -0.05) is 18.2 Å². The van der Waals surface area contributed by atoms with Gasteiger partial charge in [-0.25, -0.2) is 9.97 Å². The molecule has 1 saturated heterocycles. The molecule has 39 heavy (non-hydrogen) atoms. The van der Waals surface area contributed by atoms with Crippen molar-refractivity contribution in [2.75, 3.05) is 25.1 Å². The van der Waals surface area contributed by atoms with Crippen molar-refractivity contribution < 1.29 is 9.53 Å². The fraction of sp³-hybridized carbons (Fsp3) is 0.379. The lowest BCUT2D eigenvalue weighted by molar-refractivity contribution is 0.0951. The Bertz CT molecular complexity index is 1550. The highest BCUT2D eigenvalue weighted by Gasteiger charge is 2.30. The summed E-state index contributed by atoms with van der Waals surface area (Å²) in [6.45, 7) is 7.89. The molecular weight excluding hydrogens is 560 g/mol. The van der Waals surface area contributed by atoms with E-state index in [1.807, 2.05) is 25.1 Å². The maximum Gasteiger partial charge on any atom is 0.256 e. The molecule has 3 aromatic heterocycles. The molecule has 4 aromatic rings. The molecule has 0 bridgehead atoms. The molecule has 0 unspecified atom stereocenters. The lowest BCUT2D eigenvalue weighted by Crippen LogP contribution is -2.37. The Morgan fingerprint density at radius 1 is 1.21 bits per heavy atom. The molecule has 1 aromatic carbocycles. The Morgan fingerprint density at radius 3 is 2.59 bits per heavy atom. The molecule has 0 radical (unpaired) electrons. The van der Waals surface area contributed by atoms with Crippen LogP contribution in [0.25, 0.3) is 10.9 Å². The minimum absolute atomic E-state index is 0.0721. The molecule has 204 valence electrons. The van der Waals surface area contributed by atoms with Gasteiger partial charge in [-0.05, 0) is 67.6 Å². The fourth-order valence-electron chi connectivity index (χ4n) is 5.76. The molecule has 4 heterocycles. The summed E-state index contributed by atoms with van der Waals surface area (Å²) in [5.41, 5.74) is 3.44. The van der Waals surface area contributed by atoms with E-state index < -0.39 is 0 Å². The van der Waals surface area contributed by atoms with Crippen molar-refractivity contribution in [2.45, 2.75) is 46.2 Å². The van der Waals surface area contributed by atoms with Crippen molar-refractivity contribution in [1.29, 1.82) is 0 Å². The van der Waals surface area contributed by atoms with Crippen LogP contribution in [0.4, 0.5) is 5.95 Å². The number of aryl methyl sites for hydroxylation is 1. The molecule has 10 heteroatoms. The van der Waals surface area contributed by atoms with Gasteiger partial charge in [0.05, 0.1) is 29.3 Å². The largest absolute Gasteiger partial charge is 0.496 e. The van der Waals surface area contributed by atoms with Crippen molar-refractivity contribution in [3.05, 3.63) is 80.1 Å². The van der Waals surface area contributed by atoms with Gasteiger partial charge >= 0.3 is 0 Å². The number of methoxy groups -OCH3 is 1. The van der Waals surface area contributed by atoms with Gasteiger partial charge in [0.1, 0.15) is 5.75 Å². The van der Waals surface area contributed by atoms with E-state index in [9.17, 15) is 9.59 Å². The highest BCUT2D eigenvalue weighted by molar-refractivity contribution is 9.10. The zero-order chi connectivity index (χ0) is 27.7. The number of hydrogen-bond acceptors (Lipinski definition) is 6. The summed E-state index contributed by atoms with van der Waals surface area (Å²) in [6, 6.07) is 10.00. The average Bonchev–Trinajstić information content (AvgIpc) is 3.23. The number of anilines is 1. The number of amides is 1. The molecule has 5 rings (SSSR count). The van der Waals surface area contributed by atoms with Gasteiger partial charge in [0.2, 0.25) is 5.95 Å². The number of benzene rings is 1. The van der Waals surface area contributed by atoms with Gasteiger partial charge in [-0.2, -0.15) is 0 Å². The summed E-state index contributed by atoms with van der Waals surface area (Å²) in [6.07, 6.45) is 5.57. The second-order valence-corrected chi connectivity index (χ2v) is 11.0. The van der Waals surface area contributed by atoms with E-state index in [4.69, 9.17) is 4.74 Å². The third-order valence-corrected chi connectivity index (χ3v) is 8.19. The monoisotopic (exact) mass is 592 g/mol. The van der Waals surface area contributed by atoms with Crippen LogP contribution in [-0.2, 0) is 6.54 Å². The van der Waals surface area contributed by atoms with E-state index in [0.29, 0.717) is 28.5 Å². The number of pyridine rings is 1. The first kappa shape index (κ1) is 26.9. The molecule has 0 saturated carbocycles. The van der Waals surface area contributed by atoms with Crippen LogP contribution in [0, 0.1) is 19.8 Å². The summed E-state index contributed by atoms with van der Waals surface area (Å²) >= 11 is 3.40. The number of para-hydroxylation sites is 1. The minimum atomic E-state index is -0.264. The lowest BCUT2D eigenvalue weighted by atomic mass is 9.90. The van der Waals surface area contributed by atoms with Crippen molar-refractivity contribution in [1.82, 2.24) is 24.8 Å². The molecule has 0 aliphatic carbocycles. The maximum atomic E-state index is 13.6. The summed E-state index contributed by atoms with van der Waals surface area (Å²) in [5.74, 6) is 1.45. The normalized spacial score (nSPS) is 14.9. The van der Waals surface area contributed by atoms with Crippen LogP contribution >= 0.6 is 15.9 Å². The van der Waals surface area contributed by atoms with Crippen LogP contribution in [0.1, 0.15) is 53.1 Å².